The highest BCUT2D eigenvalue weighted by Gasteiger charge is 2.20. The zero-order valence-electron chi connectivity index (χ0n) is 14.6. The van der Waals surface area contributed by atoms with E-state index >= 15 is 0 Å². The van der Waals surface area contributed by atoms with Gasteiger partial charge in [0, 0.05) is 10.6 Å². The molecular formula is C23H16ClNO2. The van der Waals surface area contributed by atoms with Crippen LogP contribution in [0.2, 0.25) is 5.02 Å². The number of hydrogen-bond donors (Lipinski definition) is 0. The first kappa shape index (κ1) is 17.3. The van der Waals surface area contributed by atoms with Crippen molar-refractivity contribution in [1.82, 2.24) is 4.98 Å². The fraction of sp³-hybridized carbons (Fsp3) is 0.0435. The largest absolute Gasteiger partial charge is 0.436 e. The van der Waals surface area contributed by atoms with Gasteiger partial charge in [0.2, 0.25) is 5.89 Å². The van der Waals surface area contributed by atoms with Crippen molar-refractivity contribution < 1.29 is 9.21 Å². The van der Waals surface area contributed by atoms with Crippen LogP contribution < -0.4 is 0 Å². The second-order valence-electron chi connectivity index (χ2n) is 6.29. The van der Waals surface area contributed by atoms with Crippen LogP contribution in [0, 0.1) is 6.92 Å². The van der Waals surface area contributed by atoms with E-state index in [9.17, 15) is 4.79 Å². The summed E-state index contributed by atoms with van der Waals surface area (Å²) in [5, 5.41) is 0.600. The van der Waals surface area contributed by atoms with E-state index in [0.717, 1.165) is 11.1 Å². The minimum absolute atomic E-state index is 0.151. The third kappa shape index (κ3) is 3.69. The van der Waals surface area contributed by atoms with Gasteiger partial charge in [0.05, 0.1) is 5.57 Å². The molecule has 0 unspecified atom stereocenters. The summed E-state index contributed by atoms with van der Waals surface area (Å²) in [4.78, 5) is 17.7. The third-order valence-corrected chi connectivity index (χ3v) is 4.48. The number of carbonyl (C=O) groups is 1. The van der Waals surface area contributed by atoms with Gasteiger partial charge in [-0.25, -0.2) is 4.98 Å². The summed E-state index contributed by atoms with van der Waals surface area (Å²) in [6.07, 6.45) is 1.76. The zero-order chi connectivity index (χ0) is 18.8. The second kappa shape index (κ2) is 7.22. The number of nitrogens with zero attached hydrogens (tertiary/aromatic N) is 1. The van der Waals surface area contributed by atoms with E-state index in [4.69, 9.17) is 16.0 Å². The Bertz CT molecular complexity index is 1120. The van der Waals surface area contributed by atoms with Crippen molar-refractivity contribution in [2.45, 2.75) is 6.92 Å². The molecule has 0 atom stereocenters. The van der Waals surface area contributed by atoms with E-state index in [1.165, 1.54) is 0 Å². The van der Waals surface area contributed by atoms with E-state index in [0.29, 0.717) is 33.1 Å². The summed E-state index contributed by atoms with van der Waals surface area (Å²) in [6, 6.07) is 22.2. The van der Waals surface area contributed by atoms with Crippen molar-refractivity contribution in [2.24, 2.45) is 0 Å². The van der Waals surface area contributed by atoms with Crippen LogP contribution >= 0.6 is 11.6 Å². The number of carbonyl (C=O) groups excluding carboxylic acids is 1. The molecule has 3 aromatic carbocycles. The minimum Gasteiger partial charge on any atom is -0.436 e. The zero-order valence-corrected chi connectivity index (χ0v) is 15.4. The summed E-state index contributed by atoms with van der Waals surface area (Å²) in [5.74, 6) is 0.142. The van der Waals surface area contributed by atoms with Crippen molar-refractivity contribution in [3.63, 3.8) is 0 Å². The van der Waals surface area contributed by atoms with Gasteiger partial charge in [-0.1, -0.05) is 65.7 Å². The van der Waals surface area contributed by atoms with Gasteiger partial charge in [0.1, 0.15) is 5.52 Å². The lowest BCUT2D eigenvalue weighted by Crippen LogP contribution is -2.03. The Morgan fingerprint density at radius 1 is 1.00 bits per heavy atom. The molecule has 0 aliphatic rings. The smallest absolute Gasteiger partial charge is 0.231 e. The summed E-state index contributed by atoms with van der Waals surface area (Å²) < 4.78 is 5.87. The number of ketones is 1. The van der Waals surface area contributed by atoms with Gasteiger partial charge in [0.25, 0.3) is 0 Å². The molecule has 0 aliphatic carbocycles. The van der Waals surface area contributed by atoms with Gasteiger partial charge in [-0.15, -0.1) is 0 Å². The van der Waals surface area contributed by atoms with Crippen LogP contribution in [0.4, 0.5) is 0 Å². The highest BCUT2D eigenvalue weighted by Crippen LogP contribution is 2.27. The molecule has 1 aromatic heterocycles. The Morgan fingerprint density at radius 3 is 2.52 bits per heavy atom. The fourth-order valence-electron chi connectivity index (χ4n) is 2.84. The number of aryl methyl sites for hydroxylation is 1. The molecule has 4 heteroatoms. The predicted molar refractivity (Wildman–Crippen MR) is 109 cm³/mol. The Morgan fingerprint density at radius 2 is 1.78 bits per heavy atom. The molecule has 0 saturated heterocycles. The average molecular weight is 374 g/mol. The normalized spacial score (nSPS) is 11.7. The van der Waals surface area contributed by atoms with Gasteiger partial charge in [0.15, 0.2) is 11.4 Å². The van der Waals surface area contributed by atoms with Crippen molar-refractivity contribution >= 4 is 40.1 Å². The number of rotatable bonds is 4. The summed E-state index contributed by atoms with van der Waals surface area (Å²) in [5.41, 5.74) is 4.21. The predicted octanol–water partition coefficient (Wildman–Crippen LogP) is 6.21. The Kier molecular flexibility index (Phi) is 4.61. The van der Waals surface area contributed by atoms with E-state index in [-0.39, 0.29) is 5.78 Å². The quantitative estimate of drug-likeness (QED) is 0.315. The minimum atomic E-state index is -0.151. The number of Topliss-reactive ketones (excluding diaryl/α,β-unsaturated/α-hetero) is 1. The van der Waals surface area contributed by atoms with Crippen LogP contribution in [0.25, 0.3) is 22.7 Å². The van der Waals surface area contributed by atoms with Gasteiger partial charge >= 0.3 is 0 Å². The summed E-state index contributed by atoms with van der Waals surface area (Å²) in [7, 11) is 0. The van der Waals surface area contributed by atoms with Crippen LogP contribution in [0.15, 0.2) is 77.2 Å². The van der Waals surface area contributed by atoms with Gasteiger partial charge < -0.3 is 4.42 Å². The van der Waals surface area contributed by atoms with Crippen molar-refractivity contribution in [3.8, 4) is 0 Å². The summed E-state index contributed by atoms with van der Waals surface area (Å²) >= 11 is 6.10. The third-order valence-electron chi connectivity index (χ3n) is 4.24. The standard InChI is InChI=1S/C23H16ClNO2/c1-15-9-11-17(12-10-15)22(26)19(14-16-5-4-6-18(24)13-16)23-25-20-7-2-3-8-21(20)27-23/h2-14H,1H3/b19-14+. The van der Waals surface area contributed by atoms with Gasteiger partial charge in [-0.3, -0.25) is 4.79 Å². The maximum absolute atomic E-state index is 13.2. The molecular weight excluding hydrogens is 358 g/mol. The van der Waals surface area contributed by atoms with Gasteiger partial charge in [-0.2, -0.15) is 0 Å². The molecule has 0 amide bonds. The second-order valence-corrected chi connectivity index (χ2v) is 6.73. The fourth-order valence-corrected chi connectivity index (χ4v) is 3.03. The van der Waals surface area contributed by atoms with Crippen LogP contribution in [-0.2, 0) is 0 Å². The molecule has 4 aromatic rings. The highest BCUT2D eigenvalue weighted by atomic mass is 35.5. The maximum atomic E-state index is 13.2. The van der Waals surface area contributed by atoms with Crippen LogP contribution in [-0.4, -0.2) is 10.8 Å². The maximum Gasteiger partial charge on any atom is 0.231 e. The lowest BCUT2D eigenvalue weighted by atomic mass is 10.00. The van der Waals surface area contributed by atoms with E-state index in [1.807, 2.05) is 67.6 Å². The Balaban J connectivity index is 1.86. The SMILES string of the molecule is Cc1ccc(C(=O)/C(=C\c2cccc(Cl)c2)c2nc3ccccc3o2)cc1. The monoisotopic (exact) mass is 373 g/mol. The first-order valence-electron chi connectivity index (χ1n) is 8.55. The average Bonchev–Trinajstić information content (AvgIpc) is 3.10. The molecule has 0 N–H and O–H groups in total. The lowest BCUT2D eigenvalue weighted by Gasteiger charge is -2.05. The lowest BCUT2D eigenvalue weighted by molar-refractivity contribution is 0.105. The number of allylic oxidation sites excluding steroid dienone is 1. The molecule has 27 heavy (non-hydrogen) atoms. The molecule has 0 radical (unpaired) electrons. The van der Waals surface area contributed by atoms with E-state index < -0.39 is 0 Å². The highest BCUT2D eigenvalue weighted by molar-refractivity contribution is 6.32. The topological polar surface area (TPSA) is 43.1 Å². The van der Waals surface area contributed by atoms with E-state index in [1.54, 1.807) is 18.2 Å². The van der Waals surface area contributed by atoms with Gasteiger partial charge in [-0.05, 0) is 42.8 Å². The number of fused-ring (bicyclic) bond motifs is 1. The van der Waals surface area contributed by atoms with E-state index in [2.05, 4.69) is 4.98 Å². The number of hydrogen-bond acceptors (Lipinski definition) is 3. The molecule has 132 valence electrons. The first-order chi connectivity index (χ1) is 13.1. The molecule has 1 heterocycles. The Labute approximate surface area is 161 Å². The first-order valence-corrected chi connectivity index (χ1v) is 8.92. The number of aromatic nitrogens is 1. The molecule has 3 nitrogen and oxygen atoms in total. The molecule has 0 fully saturated rings. The molecule has 0 aliphatic heterocycles. The van der Waals surface area contributed by atoms with Crippen LogP contribution in [0.5, 0.6) is 0 Å². The van der Waals surface area contributed by atoms with Crippen LogP contribution in [0.3, 0.4) is 0 Å². The molecule has 0 saturated carbocycles. The van der Waals surface area contributed by atoms with Crippen LogP contribution in [0.1, 0.15) is 27.4 Å². The molecule has 4 rings (SSSR count). The summed E-state index contributed by atoms with van der Waals surface area (Å²) in [6.45, 7) is 1.98. The molecule has 0 spiro atoms. The van der Waals surface area contributed by atoms with Crippen molar-refractivity contribution in [1.29, 1.82) is 0 Å². The number of oxazole rings is 1. The molecule has 0 bridgehead atoms. The van der Waals surface area contributed by atoms with Crippen molar-refractivity contribution in [2.75, 3.05) is 0 Å². The Hall–Kier alpha value is -3.17. The van der Waals surface area contributed by atoms with Crippen molar-refractivity contribution in [3.05, 3.63) is 100 Å². The number of benzene rings is 3. The number of para-hydroxylation sites is 2. The number of halogens is 1.